The molecule has 6 heteroatoms. The Labute approximate surface area is 155 Å². The van der Waals surface area contributed by atoms with Crippen molar-refractivity contribution in [2.75, 3.05) is 5.32 Å². The molecule has 0 saturated heterocycles. The zero-order valence-corrected chi connectivity index (χ0v) is 14.9. The lowest BCUT2D eigenvalue weighted by atomic mass is 9.88. The van der Waals surface area contributed by atoms with Gasteiger partial charge in [0.15, 0.2) is 0 Å². The highest BCUT2D eigenvalue weighted by atomic mass is 35.5. The molecule has 0 radical (unpaired) electrons. The summed E-state index contributed by atoms with van der Waals surface area (Å²) in [4.78, 5) is 19.9. The molecule has 2 aromatic carbocycles. The third kappa shape index (κ3) is 3.44. The van der Waals surface area contributed by atoms with Gasteiger partial charge in [0.1, 0.15) is 11.6 Å². The lowest BCUT2D eigenvalue weighted by Crippen LogP contribution is -2.24. The van der Waals surface area contributed by atoms with Crippen LogP contribution in [-0.4, -0.2) is 15.9 Å². The van der Waals surface area contributed by atoms with Crippen LogP contribution in [0.3, 0.4) is 0 Å². The van der Waals surface area contributed by atoms with E-state index in [1.807, 2.05) is 24.3 Å². The van der Waals surface area contributed by atoms with E-state index in [0.29, 0.717) is 16.9 Å². The zero-order valence-electron chi connectivity index (χ0n) is 14.2. The van der Waals surface area contributed by atoms with E-state index in [1.165, 1.54) is 18.6 Å². The Bertz CT molecular complexity index is 907. The average molecular weight is 372 g/mol. The van der Waals surface area contributed by atoms with Crippen LogP contribution in [0.1, 0.15) is 32.1 Å². The molecule has 4 nitrogen and oxygen atoms in total. The average Bonchev–Trinajstić information content (AvgIpc) is 3.06. The fourth-order valence-corrected chi connectivity index (χ4v) is 3.62. The maximum atomic E-state index is 13.6. The quantitative estimate of drug-likeness (QED) is 0.634. The second-order valence-corrected chi connectivity index (χ2v) is 7.18. The first kappa shape index (κ1) is 17.0. The Morgan fingerprint density at radius 3 is 2.62 bits per heavy atom. The molecule has 2 N–H and O–H groups in total. The van der Waals surface area contributed by atoms with Crippen LogP contribution in [0.4, 0.5) is 10.1 Å². The molecule has 0 bridgehead atoms. The molecule has 3 aromatic rings. The van der Waals surface area contributed by atoms with E-state index in [2.05, 4.69) is 15.3 Å². The summed E-state index contributed by atoms with van der Waals surface area (Å²) < 4.78 is 13.6. The molecule has 1 aliphatic rings. The molecular weight excluding hydrogens is 353 g/mol. The number of benzene rings is 2. The number of hydrogen-bond donors (Lipinski definition) is 2. The predicted octanol–water partition coefficient (Wildman–Crippen LogP) is 5.54. The van der Waals surface area contributed by atoms with Crippen LogP contribution in [-0.2, 0) is 4.79 Å². The molecule has 1 aliphatic carbocycles. The summed E-state index contributed by atoms with van der Waals surface area (Å²) in [7, 11) is 0. The third-order valence-corrected chi connectivity index (χ3v) is 5.22. The van der Waals surface area contributed by atoms with E-state index < -0.39 is 5.82 Å². The smallest absolute Gasteiger partial charge is 0.227 e. The van der Waals surface area contributed by atoms with Crippen LogP contribution in [0.2, 0.25) is 5.02 Å². The number of carbonyl (C=O) groups excluding carboxylic acids is 1. The molecule has 4 rings (SSSR count). The monoisotopic (exact) mass is 371 g/mol. The number of nitrogens with one attached hydrogen (secondary N) is 2. The number of carbonyl (C=O) groups is 1. The molecule has 0 spiro atoms. The second kappa shape index (κ2) is 7.08. The van der Waals surface area contributed by atoms with Gasteiger partial charge in [-0.1, -0.05) is 30.9 Å². The van der Waals surface area contributed by atoms with Crippen molar-refractivity contribution in [1.29, 1.82) is 0 Å². The van der Waals surface area contributed by atoms with Crippen molar-refractivity contribution in [2.24, 2.45) is 5.92 Å². The maximum Gasteiger partial charge on any atom is 0.227 e. The lowest BCUT2D eigenvalue weighted by Gasteiger charge is -2.20. The molecule has 1 aromatic heterocycles. The van der Waals surface area contributed by atoms with Crippen LogP contribution < -0.4 is 5.32 Å². The van der Waals surface area contributed by atoms with Crippen molar-refractivity contribution in [1.82, 2.24) is 9.97 Å². The summed E-state index contributed by atoms with van der Waals surface area (Å²) in [5, 5.41) is 3.05. The number of aromatic nitrogens is 2. The molecule has 1 amide bonds. The number of halogens is 2. The minimum absolute atomic E-state index is 0.0522. The fourth-order valence-electron chi connectivity index (χ4n) is 3.46. The number of H-pyrrole nitrogens is 1. The molecule has 1 heterocycles. The Morgan fingerprint density at radius 2 is 1.88 bits per heavy atom. The summed E-state index contributed by atoms with van der Waals surface area (Å²) in [5.41, 5.74) is 2.83. The van der Waals surface area contributed by atoms with Gasteiger partial charge in [-0.3, -0.25) is 4.79 Å². The Morgan fingerprint density at radius 1 is 1.15 bits per heavy atom. The summed E-state index contributed by atoms with van der Waals surface area (Å²) >= 11 is 5.81. The molecule has 1 saturated carbocycles. The molecule has 0 atom stereocenters. The Kier molecular flexibility index (Phi) is 4.64. The highest BCUT2D eigenvalue weighted by Gasteiger charge is 2.21. The van der Waals surface area contributed by atoms with E-state index >= 15 is 0 Å². The first-order valence-corrected chi connectivity index (χ1v) is 9.24. The summed E-state index contributed by atoms with van der Waals surface area (Å²) in [6, 6.07) is 10.3. The van der Waals surface area contributed by atoms with E-state index in [1.54, 1.807) is 0 Å². The topological polar surface area (TPSA) is 57.8 Å². The molecular formula is C20H19ClFN3O. The predicted molar refractivity (Wildman–Crippen MR) is 102 cm³/mol. The number of anilines is 1. The number of amides is 1. The second-order valence-electron chi connectivity index (χ2n) is 6.77. The van der Waals surface area contributed by atoms with Gasteiger partial charge in [0.05, 0.1) is 16.1 Å². The van der Waals surface area contributed by atoms with Crippen LogP contribution in [0.15, 0.2) is 36.4 Å². The van der Waals surface area contributed by atoms with E-state index in [9.17, 15) is 9.18 Å². The number of aromatic amines is 1. The van der Waals surface area contributed by atoms with Crippen molar-refractivity contribution in [3.8, 4) is 11.4 Å². The van der Waals surface area contributed by atoms with Gasteiger partial charge >= 0.3 is 0 Å². The largest absolute Gasteiger partial charge is 0.338 e. The highest BCUT2D eigenvalue weighted by Crippen LogP contribution is 2.27. The molecule has 134 valence electrons. The molecule has 26 heavy (non-hydrogen) atoms. The van der Waals surface area contributed by atoms with Gasteiger partial charge in [0.2, 0.25) is 5.91 Å². The van der Waals surface area contributed by atoms with Gasteiger partial charge in [0.25, 0.3) is 0 Å². The SMILES string of the molecule is O=C(Nc1ccc(-c2nc3cc(Cl)c(F)cc3[nH]2)cc1)C1CCCCC1. The molecule has 0 aliphatic heterocycles. The summed E-state index contributed by atoms with van der Waals surface area (Å²) in [6.45, 7) is 0. The fraction of sp³-hybridized carbons (Fsp3) is 0.300. The van der Waals surface area contributed by atoms with Gasteiger partial charge in [-0.2, -0.15) is 0 Å². The Balaban J connectivity index is 1.51. The van der Waals surface area contributed by atoms with Gasteiger partial charge in [0, 0.05) is 23.2 Å². The van der Waals surface area contributed by atoms with E-state index in [4.69, 9.17) is 11.6 Å². The maximum absolute atomic E-state index is 13.6. The van der Waals surface area contributed by atoms with E-state index in [-0.39, 0.29) is 16.8 Å². The Hall–Kier alpha value is -2.40. The number of hydrogen-bond acceptors (Lipinski definition) is 2. The minimum Gasteiger partial charge on any atom is -0.338 e. The number of fused-ring (bicyclic) bond motifs is 1. The van der Waals surface area contributed by atoms with Gasteiger partial charge < -0.3 is 10.3 Å². The first-order chi connectivity index (χ1) is 12.6. The minimum atomic E-state index is -0.477. The summed E-state index contributed by atoms with van der Waals surface area (Å²) in [5.74, 6) is 0.381. The zero-order chi connectivity index (χ0) is 18.1. The van der Waals surface area contributed by atoms with Crippen LogP contribution in [0.25, 0.3) is 22.4 Å². The van der Waals surface area contributed by atoms with Crippen molar-refractivity contribution >= 4 is 34.2 Å². The van der Waals surface area contributed by atoms with E-state index in [0.717, 1.165) is 36.9 Å². The molecule has 1 fully saturated rings. The van der Waals surface area contributed by atoms with Crippen molar-refractivity contribution < 1.29 is 9.18 Å². The standard InChI is InChI=1S/C20H19ClFN3O/c21-15-10-17-18(11-16(15)22)25-19(24-17)12-6-8-14(9-7-12)23-20(26)13-4-2-1-3-5-13/h6-11,13H,1-5H2,(H,23,26)(H,24,25). The number of rotatable bonds is 3. The highest BCUT2D eigenvalue weighted by molar-refractivity contribution is 6.31. The van der Waals surface area contributed by atoms with Gasteiger partial charge in [-0.05, 0) is 43.2 Å². The molecule has 0 unspecified atom stereocenters. The van der Waals surface area contributed by atoms with Crippen LogP contribution >= 0.6 is 11.6 Å². The first-order valence-electron chi connectivity index (χ1n) is 8.86. The third-order valence-electron chi connectivity index (χ3n) is 4.93. The van der Waals surface area contributed by atoms with Gasteiger partial charge in [-0.25, -0.2) is 9.37 Å². The number of nitrogens with zero attached hydrogens (tertiary/aromatic N) is 1. The van der Waals surface area contributed by atoms with Gasteiger partial charge in [-0.15, -0.1) is 0 Å². The normalized spacial score (nSPS) is 15.3. The van der Waals surface area contributed by atoms with Crippen molar-refractivity contribution in [3.05, 3.63) is 47.2 Å². The van der Waals surface area contributed by atoms with Crippen molar-refractivity contribution in [3.63, 3.8) is 0 Å². The van der Waals surface area contributed by atoms with Crippen LogP contribution in [0.5, 0.6) is 0 Å². The van der Waals surface area contributed by atoms with Crippen LogP contribution in [0, 0.1) is 11.7 Å². The van der Waals surface area contributed by atoms with Crippen molar-refractivity contribution in [2.45, 2.75) is 32.1 Å². The summed E-state index contributed by atoms with van der Waals surface area (Å²) in [6.07, 6.45) is 5.44. The number of imidazole rings is 1. The lowest BCUT2D eigenvalue weighted by molar-refractivity contribution is -0.120.